The molecule has 2 rings (SSSR count). The van der Waals surface area contributed by atoms with Crippen LogP contribution in [0.2, 0.25) is 0 Å². The molecule has 0 aliphatic heterocycles. The summed E-state index contributed by atoms with van der Waals surface area (Å²) in [4.78, 5) is 23.9. The molecule has 2 amide bonds. The molecule has 0 saturated heterocycles. The number of hydrogen-bond acceptors (Lipinski definition) is 2. The minimum absolute atomic E-state index is 0.187. The van der Waals surface area contributed by atoms with Crippen molar-refractivity contribution >= 4 is 11.8 Å². The minimum Gasteiger partial charge on any atom is -0.350 e. The van der Waals surface area contributed by atoms with E-state index in [4.69, 9.17) is 0 Å². The monoisotopic (exact) mass is 328 g/mol. The van der Waals surface area contributed by atoms with Crippen molar-refractivity contribution in [3.8, 4) is 0 Å². The molecule has 2 N–H and O–H groups in total. The molecule has 2 aromatic rings. The van der Waals surface area contributed by atoms with Crippen LogP contribution < -0.4 is 10.6 Å². The Bertz CT molecular complexity index is 727. The van der Waals surface area contributed by atoms with Gasteiger partial charge in [0.25, 0.3) is 11.8 Å². The number of nitrogens with one attached hydrogen (secondary N) is 2. The lowest BCUT2D eigenvalue weighted by Gasteiger charge is -2.08. The van der Waals surface area contributed by atoms with Crippen LogP contribution in [0.25, 0.3) is 0 Å². The third kappa shape index (κ3) is 4.65. The van der Waals surface area contributed by atoms with Gasteiger partial charge >= 0.3 is 0 Å². The molecule has 0 aromatic heterocycles. The lowest BCUT2D eigenvalue weighted by atomic mass is 10.1. The van der Waals surface area contributed by atoms with E-state index in [9.17, 15) is 14.0 Å². The average molecular weight is 328 g/mol. The highest BCUT2D eigenvalue weighted by atomic mass is 19.1. The van der Waals surface area contributed by atoms with Crippen molar-refractivity contribution in [1.29, 1.82) is 0 Å². The zero-order valence-corrected chi connectivity index (χ0v) is 13.9. The number of aryl methyl sites for hydroxylation is 2. The van der Waals surface area contributed by atoms with E-state index in [2.05, 4.69) is 17.6 Å². The molecule has 0 radical (unpaired) electrons. The Kier molecular flexibility index (Phi) is 6.07. The smallest absolute Gasteiger partial charge is 0.251 e. The normalized spacial score (nSPS) is 10.3. The summed E-state index contributed by atoms with van der Waals surface area (Å²) < 4.78 is 13.4. The molecule has 24 heavy (non-hydrogen) atoms. The van der Waals surface area contributed by atoms with Crippen molar-refractivity contribution in [3.63, 3.8) is 0 Å². The molecule has 0 bridgehead atoms. The molecule has 0 saturated carbocycles. The Labute approximate surface area is 141 Å². The summed E-state index contributed by atoms with van der Waals surface area (Å²) in [6.07, 6.45) is 0.924. The number of rotatable bonds is 6. The summed E-state index contributed by atoms with van der Waals surface area (Å²) >= 11 is 0. The van der Waals surface area contributed by atoms with Gasteiger partial charge in [0.05, 0.1) is 0 Å². The maximum Gasteiger partial charge on any atom is 0.251 e. The van der Waals surface area contributed by atoms with Gasteiger partial charge in [-0.15, -0.1) is 0 Å². The average Bonchev–Trinajstić information content (AvgIpc) is 2.60. The van der Waals surface area contributed by atoms with E-state index in [0.29, 0.717) is 17.7 Å². The van der Waals surface area contributed by atoms with Crippen molar-refractivity contribution in [2.45, 2.75) is 20.3 Å². The van der Waals surface area contributed by atoms with Gasteiger partial charge in [0.2, 0.25) is 0 Å². The largest absolute Gasteiger partial charge is 0.350 e. The van der Waals surface area contributed by atoms with Crippen LogP contribution in [0.1, 0.15) is 38.8 Å². The van der Waals surface area contributed by atoms with Gasteiger partial charge in [-0.3, -0.25) is 9.59 Å². The molecule has 0 unspecified atom stereocenters. The molecule has 5 heteroatoms. The van der Waals surface area contributed by atoms with Crippen LogP contribution in [0.3, 0.4) is 0 Å². The number of halogens is 1. The Morgan fingerprint density at radius 1 is 0.917 bits per heavy atom. The summed E-state index contributed by atoms with van der Waals surface area (Å²) in [5.74, 6) is -0.963. The number of carbonyl (C=O) groups excluding carboxylic acids is 2. The fraction of sp³-hybridized carbons (Fsp3) is 0.263. The maximum absolute atomic E-state index is 13.4. The Morgan fingerprint density at radius 3 is 2.00 bits per heavy atom. The van der Waals surface area contributed by atoms with Crippen molar-refractivity contribution in [2.75, 3.05) is 13.1 Å². The van der Waals surface area contributed by atoms with E-state index in [0.717, 1.165) is 6.42 Å². The predicted molar refractivity (Wildman–Crippen MR) is 91.6 cm³/mol. The molecule has 0 aliphatic carbocycles. The lowest BCUT2D eigenvalue weighted by molar-refractivity contribution is 0.0927. The van der Waals surface area contributed by atoms with Crippen LogP contribution >= 0.6 is 0 Å². The fourth-order valence-electron chi connectivity index (χ4n) is 2.18. The number of benzene rings is 2. The van der Waals surface area contributed by atoms with Crippen LogP contribution in [0, 0.1) is 12.7 Å². The number of amides is 2. The molecular weight excluding hydrogens is 307 g/mol. The molecular formula is C19H21FN2O2. The molecule has 0 spiro atoms. The first kappa shape index (κ1) is 17.7. The summed E-state index contributed by atoms with van der Waals surface area (Å²) in [5.41, 5.74) is 2.51. The highest BCUT2D eigenvalue weighted by Gasteiger charge is 2.08. The van der Waals surface area contributed by atoms with E-state index in [1.807, 2.05) is 12.1 Å². The van der Waals surface area contributed by atoms with Gasteiger partial charge in [-0.25, -0.2) is 4.39 Å². The second kappa shape index (κ2) is 8.24. The van der Waals surface area contributed by atoms with Crippen LogP contribution in [0.4, 0.5) is 4.39 Å². The standard InChI is InChI=1S/C19H21FN2O2/c1-3-14-5-8-15(9-6-14)18(23)21-10-11-22-19(24)16-7-4-13(2)17(20)12-16/h4-9,12H,3,10-11H2,1-2H3,(H,21,23)(H,22,24). The zero-order valence-electron chi connectivity index (χ0n) is 13.9. The van der Waals surface area contributed by atoms with Crippen molar-refractivity contribution in [3.05, 3.63) is 70.5 Å². The molecule has 0 fully saturated rings. The van der Waals surface area contributed by atoms with Crippen LogP contribution in [0.5, 0.6) is 0 Å². The van der Waals surface area contributed by atoms with Crippen LogP contribution in [-0.4, -0.2) is 24.9 Å². The van der Waals surface area contributed by atoms with Gasteiger partial charge in [0, 0.05) is 24.2 Å². The third-order valence-electron chi connectivity index (χ3n) is 3.75. The summed E-state index contributed by atoms with van der Waals surface area (Å²) in [6, 6.07) is 11.7. The second-order valence-corrected chi connectivity index (χ2v) is 5.53. The topological polar surface area (TPSA) is 58.2 Å². The SMILES string of the molecule is CCc1ccc(C(=O)NCCNC(=O)c2ccc(C)c(F)c2)cc1. The van der Waals surface area contributed by atoms with Gasteiger partial charge < -0.3 is 10.6 Å². The number of hydrogen-bond donors (Lipinski definition) is 2. The Morgan fingerprint density at radius 2 is 1.46 bits per heavy atom. The van der Waals surface area contributed by atoms with E-state index >= 15 is 0 Å². The summed E-state index contributed by atoms with van der Waals surface area (Å²) in [7, 11) is 0. The van der Waals surface area contributed by atoms with E-state index in [-0.39, 0.29) is 23.9 Å². The minimum atomic E-state index is -0.411. The van der Waals surface area contributed by atoms with Crippen molar-refractivity contribution < 1.29 is 14.0 Å². The van der Waals surface area contributed by atoms with Gasteiger partial charge in [-0.1, -0.05) is 25.1 Å². The van der Waals surface area contributed by atoms with Gasteiger partial charge in [0.15, 0.2) is 0 Å². The zero-order chi connectivity index (χ0) is 17.5. The highest BCUT2D eigenvalue weighted by Crippen LogP contribution is 2.09. The number of carbonyl (C=O) groups is 2. The third-order valence-corrected chi connectivity index (χ3v) is 3.75. The summed E-state index contributed by atoms with van der Waals surface area (Å²) in [6.45, 7) is 4.26. The molecule has 4 nitrogen and oxygen atoms in total. The Hall–Kier alpha value is -2.69. The maximum atomic E-state index is 13.4. The van der Waals surface area contributed by atoms with Gasteiger partial charge in [0.1, 0.15) is 5.82 Å². The first-order chi connectivity index (χ1) is 11.5. The van der Waals surface area contributed by atoms with E-state index in [1.54, 1.807) is 31.2 Å². The fourth-order valence-corrected chi connectivity index (χ4v) is 2.18. The predicted octanol–water partition coefficient (Wildman–Crippen LogP) is 2.86. The molecule has 0 heterocycles. The molecule has 126 valence electrons. The van der Waals surface area contributed by atoms with E-state index < -0.39 is 5.82 Å². The quantitative estimate of drug-likeness (QED) is 0.801. The molecule has 2 aromatic carbocycles. The van der Waals surface area contributed by atoms with E-state index in [1.165, 1.54) is 11.6 Å². The Balaban J connectivity index is 1.78. The summed E-state index contributed by atoms with van der Waals surface area (Å²) in [5, 5.41) is 5.39. The van der Waals surface area contributed by atoms with Gasteiger partial charge in [-0.2, -0.15) is 0 Å². The molecule has 0 atom stereocenters. The first-order valence-electron chi connectivity index (χ1n) is 7.92. The van der Waals surface area contributed by atoms with Crippen LogP contribution in [0.15, 0.2) is 42.5 Å². The van der Waals surface area contributed by atoms with Crippen LogP contribution in [-0.2, 0) is 6.42 Å². The highest BCUT2D eigenvalue weighted by molar-refractivity contribution is 5.95. The van der Waals surface area contributed by atoms with Gasteiger partial charge in [-0.05, 0) is 48.7 Å². The lowest BCUT2D eigenvalue weighted by Crippen LogP contribution is -2.34. The second-order valence-electron chi connectivity index (χ2n) is 5.53. The van der Waals surface area contributed by atoms with Crippen molar-refractivity contribution in [2.24, 2.45) is 0 Å². The van der Waals surface area contributed by atoms with Crippen molar-refractivity contribution in [1.82, 2.24) is 10.6 Å². The first-order valence-corrected chi connectivity index (χ1v) is 7.92. The molecule has 0 aliphatic rings.